The predicted octanol–water partition coefficient (Wildman–Crippen LogP) is 3.21. The van der Waals surface area contributed by atoms with E-state index in [0.29, 0.717) is 22.3 Å². The highest BCUT2D eigenvalue weighted by Crippen LogP contribution is 2.18. The lowest BCUT2D eigenvalue weighted by atomic mass is 10.2. The van der Waals surface area contributed by atoms with Crippen LogP contribution in [0.2, 0.25) is 0 Å². The minimum Gasteiger partial charge on any atom is -0.399 e. The van der Waals surface area contributed by atoms with Gasteiger partial charge in [-0.3, -0.25) is 9.36 Å². The zero-order valence-electron chi connectivity index (χ0n) is 15.6. The van der Waals surface area contributed by atoms with Crippen LogP contribution >= 0.6 is 15.9 Å². The highest BCUT2D eigenvalue weighted by atomic mass is 79.9. The minimum absolute atomic E-state index is 0.0776. The van der Waals surface area contributed by atoms with E-state index in [1.807, 2.05) is 6.07 Å². The molecule has 0 aliphatic rings. The van der Waals surface area contributed by atoms with Gasteiger partial charge in [-0.25, -0.2) is 18.1 Å². The molecule has 4 rings (SSSR count). The van der Waals surface area contributed by atoms with Gasteiger partial charge in [0, 0.05) is 10.2 Å². The number of fused-ring (bicyclic) bond motifs is 1. The molecule has 0 aliphatic carbocycles. The standard InChI is InChI=1S/C21H17BrN4O3S/c22-14-4-3-5-16(12-14)26-20(25-19-7-2-1-6-18(19)21(26)27)13-24-30(28,29)17-10-8-15(23)9-11-17/h1-12,24H,13,23H2. The van der Waals surface area contributed by atoms with Crippen LogP contribution in [0, 0.1) is 0 Å². The topological polar surface area (TPSA) is 107 Å². The minimum atomic E-state index is -3.82. The second-order valence-corrected chi connectivity index (χ2v) is 9.24. The summed E-state index contributed by atoms with van der Waals surface area (Å²) < 4.78 is 30.1. The molecule has 0 amide bonds. The van der Waals surface area contributed by atoms with Crippen molar-refractivity contribution >= 4 is 42.5 Å². The van der Waals surface area contributed by atoms with Gasteiger partial charge < -0.3 is 5.73 Å². The molecule has 1 heterocycles. The Morgan fingerprint density at radius 1 is 1.00 bits per heavy atom. The molecule has 0 saturated heterocycles. The molecule has 152 valence electrons. The first-order valence-corrected chi connectivity index (χ1v) is 11.2. The lowest BCUT2D eigenvalue weighted by Crippen LogP contribution is -2.30. The second-order valence-electron chi connectivity index (χ2n) is 6.56. The normalized spacial score (nSPS) is 11.6. The number of nitrogen functional groups attached to an aromatic ring is 1. The van der Waals surface area contributed by atoms with Crippen LogP contribution in [-0.4, -0.2) is 18.0 Å². The van der Waals surface area contributed by atoms with E-state index in [0.717, 1.165) is 4.47 Å². The Morgan fingerprint density at radius 3 is 2.47 bits per heavy atom. The molecule has 3 N–H and O–H groups in total. The van der Waals surface area contributed by atoms with Crippen LogP contribution in [0.25, 0.3) is 16.6 Å². The maximum atomic E-state index is 13.2. The van der Waals surface area contributed by atoms with Gasteiger partial charge in [0.25, 0.3) is 5.56 Å². The van der Waals surface area contributed by atoms with E-state index in [1.165, 1.54) is 28.8 Å². The van der Waals surface area contributed by atoms with Crippen LogP contribution < -0.4 is 16.0 Å². The molecule has 0 aliphatic heterocycles. The molecule has 7 nitrogen and oxygen atoms in total. The predicted molar refractivity (Wildman–Crippen MR) is 120 cm³/mol. The van der Waals surface area contributed by atoms with E-state index in [4.69, 9.17) is 5.73 Å². The highest BCUT2D eigenvalue weighted by Gasteiger charge is 2.18. The number of benzene rings is 3. The number of sulfonamides is 1. The van der Waals surface area contributed by atoms with Crippen molar-refractivity contribution in [3.8, 4) is 5.69 Å². The quantitative estimate of drug-likeness (QED) is 0.423. The molecule has 0 atom stereocenters. The average Bonchev–Trinajstić information content (AvgIpc) is 2.73. The van der Waals surface area contributed by atoms with E-state index >= 15 is 0 Å². The Bertz CT molecular complexity index is 1400. The number of anilines is 1. The summed E-state index contributed by atoms with van der Waals surface area (Å²) in [4.78, 5) is 17.8. The molecule has 0 fully saturated rings. The van der Waals surface area contributed by atoms with Gasteiger partial charge in [-0.05, 0) is 54.6 Å². The number of aromatic nitrogens is 2. The SMILES string of the molecule is Nc1ccc(S(=O)(=O)NCc2nc3ccccc3c(=O)n2-c2cccc(Br)c2)cc1. The first-order valence-electron chi connectivity index (χ1n) is 8.97. The number of nitrogens with one attached hydrogen (secondary N) is 1. The van der Waals surface area contributed by atoms with E-state index in [-0.39, 0.29) is 22.8 Å². The van der Waals surface area contributed by atoms with Gasteiger partial charge >= 0.3 is 0 Å². The van der Waals surface area contributed by atoms with Crippen molar-refractivity contribution in [2.75, 3.05) is 5.73 Å². The lowest BCUT2D eigenvalue weighted by molar-refractivity contribution is 0.578. The molecule has 0 radical (unpaired) electrons. The van der Waals surface area contributed by atoms with Crippen LogP contribution in [0.5, 0.6) is 0 Å². The molecule has 3 aromatic carbocycles. The molecule has 0 unspecified atom stereocenters. The van der Waals surface area contributed by atoms with Gasteiger partial charge in [0.15, 0.2) is 0 Å². The van der Waals surface area contributed by atoms with E-state index in [2.05, 4.69) is 25.6 Å². The number of halogens is 1. The Hall–Kier alpha value is -3.01. The van der Waals surface area contributed by atoms with Crippen LogP contribution in [-0.2, 0) is 16.6 Å². The van der Waals surface area contributed by atoms with Gasteiger partial charge in [-0.1, -0.05) is 34.1 Å². The van der Waals surface area contributed by atoms with Crippen LogP contribution in [0.4, 0.5) is 5.69 Å². The number of hydrogen-bond acceptors (Lipinski definition) is 5. The monoisotopic (exact) mass is 484 g/mol. The van der Waals surface area contributed by atoms with E-state index in [1.54, 1.807) is 42.5 Å². The van der Waals surface area contributed by atoms with Gasteiger partial charge in [0.2, 0.25) is 10.0 Å². The Kier molecular flexibility index (Phi) is 5.42. The summed E-state index contributed by atoms with van der Waals surface area (Å²) in [5.41, 5.74) is 6.90. The molecule has 4 aromatic rings. The summed E-state index contributed by atoms with van der Waals surface area (Å²) in [6, 6.07) is 20.0. The number of hydrogen-bond donors (Lipinski definition) is 2. The van der Waals surface area contributed by atoms with Crippen molar-refractivity contribution in [1.82, 2.24) is 14.3 Å². The van der Waals surface area contributed by atoms with Crippen molar-refractivity contribution in [3.63, 3.8) is 0 Å². The van der Waals surface area contributed by atoms with Crippen molar-refractivity contribution in [2.45, 2.75) is 11.4 Å². The fraction of sp³-hybridized carbons (Fsp3) is 0.0476. The van der Waals surface area contributed by atoms with E-state index < -0.39 is 10.0 Å². The summed E-state index contributed by atoms with van der Waals surface area (Å²) >= 11 is 3.41. The van der Waals surface area contributed by atoms with Gasteiger partial charge in [0.1, 0.15) is 5.82 Å². The van der Waals surface area contributed by atoms with Crippen LogP contribution in [0.1, 0.15) is 5.82 Å². The third-order valence-electron chi connectivity index (χ3n) is 4.52. The Morgan fingerprint density at radius 2 is 1.73 bits per heavy atom. The van der Waals surface area contributed by atoms with E-state index in [9.17, 15) is 13.2 Å². The summed E-state index contributed by atoms with van der Waals surface area (Å²) in [6.07, 6.45) is 0. The zero-order chi connectivity index (χ0) is 21.3. The molecule has 0 spiro atoms. The highest BCUT2D eigenvalue weighted by molar-refractivity contribution is 9.10. The largest absolute Gasteiger partial charge is 0.399 e. The van der Waals surface area contributed by atoms with Crippen LogP contribution in [0.15, 0.2) is 87.0 Å². The van der Waals surface area contributed by atoms with Gasteiger partial charge in [0.05, 0.1) is 28.0 Å². The molecule has 0 saturated carbocycles. The van der Waals surface area contributed by atoms with Crippen molar-refractivity contribution in [1.29, 1.82) is 0 Å². The first-order chi connectivity index (χ1) is 14.3. The summed E-state index contributed by atoms with van der Waals surface area (Å²) in [5, 5.41) is 0.447. The number of rotatable bonds is 5. The second kappa shape index (κ2) is 8.02. The lowest BCUT2D eigenvalue weighted by Gasteiger charge is -2.15. The molecular formula is C21H17BrN4O3S. The number of nitrogens with zero attached hydrogens (tertiary/aromatic N) is 2. The smallest absolute Gasteiger partial charge is 0.266 e. The summed E-state index contributed by atoms with van der Waals surface area (Å²) in [6.45, 7) is -0.167. The fourth-order valence-corrected chi connectivity index (χ4v) is 4.44. The number of para-hydroxylation sites is 1. The van der Waals surface area contributed by atoms with Crippen molar-refractivity contribution < 1.29 is 8.42 Å². The molecule has 30 heavy (non-hydrogen) atoms. The first kappa shape index (κ1) is 20.3. The maximum absolute atomic E-state index is 13.2. The third kappa shape index (κ3) is 4.00. The third-order valence-corrected chi connectivity index (χ3v) is 6.43. The average molecular weight is 485 g/mol. The van der Waals surface area contributed by atoms with Crippen LogP contribution in [0.3, 0.4) is 0 Å². The van der Waals surface area contributed by atoms with Crippen molar-refractivity contribution in [3.05, 3.63) is 93.4 Å². The molecule has 0 bridgehead atoms. The molecular weight excluding hydrogens is 468 g/mol. The fourth-order valence-electron chi connectivity index (χ4n) is 3.07. The zero-order valence-corrected chi connectivity index (χ0v) is 18.0. The van der Waals surface area contributed by atoms with Gasteiger partial charge in [-0.15, -0.1) is 0 Å². The Balaban J connectivity index is 1.80. The Labute approximate surface area is 181 Å². The molecule has 9 heteroatoms. The summed E-state index contributed by atoms with van der Waals surface area (Å²) in [5.74, 6) is 0.274. The van der Waals surface area contributed by atoms with Crippen molar-refractivity contribution in [2.24, 2.45) is 0 Å². The van der Waals surface area contributed by atoms with Gasteiger partial charge in [-0.2, -0.15) is 0 Å². The maximum Gasteiger partial charge on any atom is 0.266 e. The number of nitrogens with two attached hydrogens (primary N) is 1. The molecule has 1 aromatic heterocycles. The summed E-state index contributed by atoms with van der Waals surface area (Å²) in [7, 11) is -3.82.